The Morgan fingerprint density at radius 1 is 1.00 bits per heavy atom. The fraction of sp³-hybridized carbons (Fsp3) is 0.500. The van der Waals surface area contributed by atoms with E-state index in [9.17, 15) is 4.39 Å². The molecule has 0 saturated carbocycles. The molecule has 5 heteroatoms. The summed E-state index contributed by atoms with van der Waals surface area (Å²) in [4.78, 5) is 11.1. The Bertz CT molecular complexity index is 699. The minimum atomic E-state index is -0.187. The Balaban J connectivity index is 1.45. The highest BCUT2D eigenvalue weighted by Gasteiger charge is 2.42. The summed E-state index contributed by atoms with van der Waals surface area (Å²) < 4.78 is 13.1. The molecule has 23 heavy (non-hydrogen) atoms. The highest BCUT2D eigenvalue weighted by atomic mass is 32.1. The molecule has 1 aromatic heterocycles. The van der Waals surface area contributed by atoms with Crippen LogP contribution in [0.2, 0.25) is 0 Å². The normalized spacial score (nSPS) is 32.3. The number of hydrogen-bond donors (Lipinski definition) is 0. The third kappa shape index (κ3) is 2.46. The molecule has 4 unspecified atom stereocenters. The summed E-state index contributed by atoms with van der Waals surface area (Å²) in [6.45, 7) is 4.91. The molecule has 4 atom stereocenters. The molecule has 5 heterocycles. The summed E-state index contributed by atoms with van der Waals surface area (Å²) >= 11 is 1.75. The maximum Gasteiger partial charge on any atom is 0.186 e. The van der Waals surface area contributed by atoms with Crippen molar-refractivity contribution in [2.45, 2.75) is 18.9 Å². The lowest BCUT2D eigenvalue weighted by Crippen LogP contribution is -2.49. The highest BCUT2D eigenvalue weighted by Crippen LogP contribution is 2.40. The number of piperidine rings is 2. The largest absolute Gasteiger partial charge is 0.343 e. The van der Waals surface area contributed by atoms with E-state index >= 15 is 0 Å². The molecular weight excluding hydrogens is 309 g/mol. The second-order valence-corrected chi connectivity index (χ2v) is 8.25. The van der Waals surface area contributed by atoms with Crippen LogP contribution in [-0.4, -0.2) is 42.1 Å². The van der Waals surface area contributed by atoms with Crippen LogP contribution >= 0.6 is 11.3 Å². The summed E-state index contributed by atoms with van der Waals surface area (Å²) in [5, 5.41) is 1.14. The topological polar surface area (TPSA) is 19.4 Å². The van der Waals surface area contributed by atoms with Crippen molar-refractivity contribution in [3.63, 3.8) is 0 Å². The summed E-state index contributed by atoms with van der Waals surface area (Å²) in [6, 6.07) is 7.35. The molecule has 6 rings (SSSR count). The van der Waals surface area contributed by atoms with Crippen molar-refractivity contribution in [1.82, 2.24) is 9.88 Å². The van der Waals surface area contributed by atoms with Gasteiger partial charge in [0.15, 0.2) is 5.13 Å². The van der Waals surface area contributed by atoms with Crippen molar-refractivity contribution in [1.29, 1.82) is 0 Å². The first-order valence-corrected chi connectivity index (χ1v) is 9.27. The number of nitrogens with zero attached hydrogens (tertiary/aromatic N) is 3. The quantitative estimate of drug-likeness (QED) is 0.841. The van der Waals surface area contributed by atoms with E-state index in [-0.39, 0.29) is 5.82 Å². The van der Waals surface area contributed by atoms with Gasteiger partial charge in [0.25, 0.3) is 0 Å². The van der Waals surface area contributed by atoms with E-state index in [2.05, 4.69) is 9.80 Å². The van der Waals surface area contributed by atoms with E-state index in [4.69, 9.17) is 4.98 Å². The van der Waals surface area contributed by atoms with E-state index in [1.54, 1.807) is 11.3 Å². The van der Waals surface area contributed by atoms with Gasteiger partial charge in [-0.05, 0) is 42.4 Å². The lowest BCUT2D eigenvalue weighted by molar-refractivity contribution is 0.0980. The second-order valence-electron chi connectivity index (χ2n) is 7.24. The molecule has 4 aliphatic heterocycles. The predicted octanol–water partition coefficient (Wildman–Crippen LogP) is 3.48. The van der Waals surface area contributed by atoms with Crippen LogP contribution in [-0.2, 0) is 0 Å². The van der Waals surface area contributed by atoms with Crippen molar-refractivity contribution >= 4 is 16.5 Å². The molecule has 0 spiro atoms. The Labute approximate surface area is 139 Å². The average Bonchev–Trinajstić information content (AvgIpc) is 2.93. The number of halogens is 1. The molecule has 0 aliphatic carbocycles. The third-order valence-electron chi connectivity index (χ3n) is 5.54. The molecule has 4 aliphatic rings. The van der Waals surface area contributed by atoms with Crippen LogP contribution in [0.15, 0.2) is 30.5 Å². The highest BCUT2D eigenvalue weighted by molar-refractivity contribution is 7.18. The van der Waals surface area contributed by atoms with E-state index in [0.717, 1.165) is 34.0 Å². The third-order valence-corrected chi connectivity index (χ3v) is 6.62. The Kier molecular flexibility index (Phi) is 3.20. The van der Waals surface area contributed by atoms with Gasteiger partial charge in [-0.3, -0.25) is 0 Å². The molecule has 0 amide bonds. The SMILES string of the molecule is Fc1ccc(-c2cnc(N3CC4CC5CC3CN(C5)C4)s2)cc1. The lowest BCUT2D eigenvalue weighted by atomic mass is 9.84. The smallest absolute Gasteiger partial charge is 0.186 e. The standard InChI is InChI=1S/C18H20FN3S/c19-15-3-1-14(2-4-15)17-7-20-18(23-17)22-10-13-5-12-6-16(22)11-21(8-12)9-13/h1-4,7,12-13,16H,5-6,8-11H2. The summed E-state index contributed by atoms with van der Waals surface area (Å²) in [5.41, 5.74) is 1.06. The molecule has 0 N–H and O–H groups in total. The maximum absolute atomic E-state index is 13.1. The molecule has 3 nitrogen and oxygen atoms in total. The molecular formula is C18H20FN3S. The number of rotatable bonds is 2. The molecule has 1 aromatic carbocycles. The van der Waals surface area contributed by atoms with Gasteiger partial charge in [-0.1, -0.05) is 23.5 Å². The molecule has 4 fully saturated rings. The summed E-state index contributed by atoms with van der Waals surface area (Å²) in [5.74, 6) is 1.49. The second kappa shape index (κ2) is 5.28. The molecule has 4 saturated heterocycles. The zero-order valence-corrected chi connectivity index (χ0v) is 13.8. The van der Waals surface area contributed by atoms with Gasteiger partial charge in [-0.15, -0.1) is 0 Å². The van der Waals surface area contributed by atoms with Crippen molar-refractivity contribution in [2.24, 2.45) is 11.8 Å². The number of fused-ring (bicyclic) bond motifs is 1. The molecule has 4 bridgehead atoms. The lowest BCUT2D eigenvalue weighted by Gasteiger charge is -2.41. The number of aromatic nitrogens is 1. The van der Waals surface area contributed by atoms with Crippen LogP contribution in [0.3, 0.4) is 0 Å². The Morgan fingerprint density at radius 2 is 1.83 bits per heavy atom. The van der Waals surface area contributed by atoms with Crippen LogP contribution in [0.25, 0.3) is 10.4 Å². The fourth-order valence-electron chi connectivity index (χ4n) is 4.67. The van der Waals surface area contributed by atoms with Crippen molar-refractivity contribution in [2.75, 3.05) is 31.1 Å². The minimum Gasteiger partial charge on any atom is -0.343 e. The first kappa shape index (κ1) is 13.9. The van der Waals surface area contributed by atoms with E-state index < -0.39 is 0 Å². The van der Waals surface area contributed by atoms with Crippen LogP contribution in [0, 0.1) is 17.7 Å². The number of hydrogen-bond acceptors (Lipinski definition) is 4. The van der Waals surface area contributed by atoms with Crippen molar-refractivity contribution in [3.8, 4) is 10.4 Å². The fourth-order valence-corrected chi connectivity index (χ4v) is 5.67. The summed E-state index contributed by atoms with van der Waals surface area (Å²) in [6.07, 6.45) is 4.65. The number of benzene rings is 1. The van der Waals surface area contributed by atoms with Gasteiger partial charge in [0, 0.05) is 38.4 Å². The number of thiazole rings is 1. The monoisotopic (exact) mass is 329 g/mol. The minimum absolute atomic E-state index is 0.187. The van der Waals surface area contributed by atoms with Gasteiger partial charge < -0.3 is 9.80 Å². The van der Waals surface area contributed by atoms with E-state index in [0.29, 0.717) is 6.04 Å². The first-order chi connectivity index (χ1) is 11.2. The van der Waals surface area contributed by atoms with Crippen LogP contribution < -0.4 is 4.90 Å². The molecule has 0 radical (unpaired) electrons. The zero-order chi connectivity index (χ0) is 15.4. The van der Waals surface area contributed by atoms with Gasteiger partial charge in [0.2, 0.25) is 0 Å². The Hall–Kier alpha value is -1.46. The van der Waals surface area contributed by atoms with Crippen LogP contribution in [0.4, 0.5) is 9.52 Å². The van der Waals surface area contributed by atoms with Gasteiger partial charge in [0.1, 0.15) is 5.82 Å². The molecule has 120 valence electrons. The van der Waals surface area contributed by atoms with Gasteiger partial charge in [0.05, 0.1) is 4.88 Å². The molecule has 2 aromatic rings. The van der Waals surface area contributed by atoms with Gasteiger partial charge in [-0.2, -0.15) is 0 Å². The van der Waals surface area contributed by atoms with Crippen molar-refractivity contribution in [3.05, 3.63) is 36.3 Å². The number of anilines is 1. The maximum atomic E-state index is 13.1. The van der Waals surface area contributed by atoms with Gasteiger partial charge >= 0.3 is 0 Å². The van der Waals surface area contributed by atoms with Crippen LogP contribution in [0.1, 0.15) is 12.8 Å². The Morgan fingerprint density at radius 3 is 2.65 bits per heavy atom. The van der Waals surface area contributed by atoms with Crippen molar-refractivity contribution < 1.29 is 4.39 Å². The predicted molar refractivity (Wildman–Crippen MR) is 91.3 cm³/mol. The first-order valence-electron chi connectivity index (χ1n) is 8.45. The van der Waals surface area contributed by atoms with Gasteiger partial charge in [-0.25, -0.2) is 9.37 Å². The average molecular weight is 329 g/mol. The van der Waals surface area contributed by atoms with Crippen LogP contribution in [0.5, 0.6) is 0 Å². The zero-order valence-electron chi connectivity index (χ0n) is 13.0. The van der Waals surface area contributed by atoms with E-state index in [1.165, 1.54) is 44.6 Å². The van der Waals surface area contributed by atoms with E-state index in [1.807, 2.05) is 18.3 Å². The summed E-state index contributed by atoms with van der Waals surface area (Å²) in [7, 11) is 0.